The summed E-state index contributed by atoms with van der Waals surface area (Å²) in [6, 6.07) is 1.20. The third kappa shape index (κ3) is 2.94. The average Bonchev–Trinajstić information content (AvgIpc) is 2.91. The number of nitrogens with zero attached hydrogens (tertiary/aromatic N) is 1. The lowest BCUT2D eigenvalue weighted by atomic mass is 10.1. The highest BCUT2D eigenvalue weighted by atomic mass is 16.8. The summed E-state index contributed by atoms with van der Waals surface area (Å²) in [7, 11) is 1.70. The minimum atomic E-state index is 0.0420. The second-order valence-corrected chi connectivity index (χ2v) is 4.33. The Hall–Kier alpha value is -0.120. The van der Waals surface area contributed by atoms with Gasteiger partial charge in [0, 0.05) is 25.7 Å². The van der Waals surface area contributed by atoms with Crippen molar-refractivity contribution in [3.8, 4) is 0 Å². The maximum absolute atomic E-state index is 5.38. The van der Waals surface area contributed by atoms with Crippen molar-refractivity contribution in [2.45, 2.75) is 58.6 Å². The fourth-order valence-corrected chi connectivity index (χ4v) is 1.81. The van der Waals surface area contributed by atoms with Crippen LogP contribution in [0.3, 0.4) is 0 Å². The molecule has 1 heterocycles. The van der Waals surface area contributed by atoms with E-state index in [-0.39, 0.29) is 12.4 Å². The summed E-state index contributed by atoms with van der Waals surface area (Å²) in [5.41, 5.74) is 0. The summed E-state index contributed by atoms with van der Waals surface area (Å²) >= 11 is 0. The molecule has 3 unspecified atom stereocenters. The molecule has 0 radical (unpaired) electrons. The molecule has 14 heavy (non-hydrogen) atoms. The van der Waals surface area contributed by atoms with E-state index < -0.39 is 0 Å². The van der Waals surface area contributed by atoms with Gasteiger partial charge in [-0.2, -0.15) is 0 Å². The van der Waals surface area contributed by atoms with Crippen molar-refractivity contribution in [1.29, 1.82) is 0 Å². The first-order chi connectivity index (χ1) is 6.60. The first-order valence-electron chi connectivity index (χ1n) is 5.54. The van der Waals surface area contributed by atoms with Gasteiger partial charge in [0.25, 0.3) is 0 Å². The smallest absolute Gasteiger partial charge is 0.185 e. The van der Waals surface area contributed by atoms with E-state index in [2.05, 4.69) is 32.6 Å². The van der Waals surface area contributed by atoms with Crippen molar-refractivity contribution in [1.82, 2.24) is 4.90 Å². The third-order valence-corrected chi connectivity index (χ3v) is 2.98. The molecular weight excluding hydrogens is 178 g/mol. The zero-order valence-corrected chi connectivity index (χ0v) is 9.99. The lowest BCUT2D eigenvalue weighted by Gasteiger charge is -2.31. The van der Waals surface area contributed by atoms with Crippen LogP contribution in [-0.2, 0) is 9.47 Å². The van der Waals surface area contributed by atoms with Crippen LogP contribution in [-0.4, -0.2) is 43.0 Å². The molecule has 1 aliphatic rings. The fraction of sp³-hybridized carbons (Fsp3) is 1.00. The van der Waals surface area contributed by atoms with Gasteiger partial charge in [0.05, 0.1) is 0 Å². The van der Waals surface area contributed by atoms with Crippen LogP contribution in [0.5, 0.6) is 0 Å². The lowest BCUT2D eigenvalue weighted by molar-refractivity contribution is 0.0950. The Morgan fingerprint density at radius 1 is 1.36 bits per heavy atom. The molecule has 1 saturated heterocycles. The normalized spacial score (nSPS) is 28.5. The standard InChI is InChI=1S/C11H23NO2/c1-6-9(4)12(8(2)3)7-10-11(13-5)14-10/h8-11H,6-7H2,1-5H3. The summed E-state index contributed by atoms with van der Waals surface area (Å²) in [4.78, 5) is 2.48. The maximum Gasteiger partial charge on any atom is 0.185 e. The highest BCUT2D eigenvalue weighted by Gasteiger charge is 2.41. The molecule has 0 N–H and O–H groups in total. The van der Waals surface area contributed by atoms with Crippen LogP contribution in [0.2, 0.25) is 0 Å². The molecule has 0 amide bonds. The van der Waals surface area contributed by atoms with Gasteiger partial charge in [0.2, 0.25) is 0 Å². The Morgan fingerprint density at radius 2 is 2.00 bits per heavy atom. The van der Waals surface area contributed by atoms with Gasteiger partial charge in [-0.15, -0.1) is 0 Å². The molecule has 1 fully saturated rings. The van der Waals surface area contributed by atoms with E-state index in [1.807, 2.05) is 0 Å². The van der Waals surface area contributed by atoms with E-state index in [4.69, 9.17) is 9.47 Å². The van der Waals surface area contributed by atoms with Crippen LogP contribution in [0.25, 0.3) is 0 Å². The molecule has 3 nitrogen and oxygen atoms in total. The van der Waals surface area contributed by atoms with Gasteiger partial charge < -0.3 is 9.47 Å². The Labute approximate surface area is 87.4 Å². The number of rotatable bonds is 6. The van der Waals surface area contributed by atoms with Crippen molar-refractivity contribution in [2.75, 3.05) is 13.7 Å². The Bertz CT molecular complexity index is 173. The minimum Gasteiger partial charge on any atom is -0.353 e. The highest BCUT2D eigenvalue weighted by molar-refractivity contribution is 4.83. The van der Waals surface area contributed by atoms with E-state index in [1.165, 1.54) is 6.42 Å². The first kappa shape index (κ1) is 12.0. The van der Waals surface area contributed by atoms with E-state index in [1.54, 1.807) is 7.11 Å². The number of hydrogen-bond donors (Lipinski definition) is 0. The topological polar surface area (TPSA) is 25.0 Å². The average molecular weight is 201 g/mol. The number of ether oxygens (including phenoxy) is 2. The second kappa shape index (κ2) is 5.10. The quantitative estimate of drug-likeness (QED) is 0.613. The highest BCUT2D eigenvalue weighted by Crippen LogP contribution is 2.25. The van der Waals surface area contributed by atoms with Gasteiger partial charge in [-0.1, -0.05) is 6.92 Å². The maximum atomic E-state index is 5.38. The SMILES string of the molecule is CCC(C)N(CC1OC1OC)C(C)C. The van der Waals surface area contributed by atoms with E-state index in [0.29, 0.717) is 12.1 Å². The Kier molecular flexibility index (Phi) is 4.35. The molecule has 0 spiro atoms. The summed E-state index contributed by atoms with van der Waals surface area (Å²) in [5.74, 6) is 0. The molecule has 0 saturated carbocycles. The largest absolute Gasteiger partial charge is 0.353 e. The van der Waals surface area contributed by atoms with Crippen LogP contribution >= 0.6 is 0 Å². The predicted octanol–water partition coefficient (Wildman–Crippen LogP) is 1.87. The van der Waals surface area contributed by atoms with Crippen LogP contribution < -0.4 is 0 Å². The van der Waals surface area contributed by atoms with E-state index in [0.717, 1.165) is 6.54 Å². The van der Waals surface area contributed by atoms with Crippen molar-refractivity contribution < 1.29 is 9.47 Å². The van der Waals surface area contributed by atoms with Crippen molar-refractivity contribution in [3.63, 3.8) is 0 Å². The molecule has 3 heteroatoms. The Morgan fingerprint density at radius 3 is 2.36 bits per heavy atom. The van der Waals surface area contributed by atoms with Crippen molar-refractivity contribution in [3.05, 3.63) is 0 Å². The van der Waals surface area contributed by atoms with E-state index >= 15 is 0 Å². The number of methoxy groups -OCH3 is 1. The van der Waals surface area contributed by atoms with Crippen molar-refractivity contribution in [2.24, 2.45) is 0 Å². The molecule has 1 rings (SSSR count). The molecule has 0 aromatic rings. The Balaban J connectivity index is 2.37. The zero-order chi connectivity index (χ0) is 10.7. The van der Waals surface area contributed by atoms with Gasteiger partial charge in [-0.25, -0.2) is 0 Å². The summed E-state index contributed by atoms with van der Waals surface area (Å²) in [6.45, 7) is 9.95. The van der Waals surface area contributed by atoms with Gasteiger partial charge >= 0.3 is 0 Å². The predicted molar refractivity (Wildman–Crippen MR) is 57.3 cm³/mol. The van der Waals surface area contributed by atoms with Crippen LogP contribution in [0, 0.1) is 0 Å². The molecule has 0 aromatic heterocycles. The van der Waals surface area contributed by atoms with E-state index in [9.17, 15) is 0 Å². The molecule has 1 aliphatic heterocycles. The fourth-order valence-electron chi connectivity index (χ4n) is 1.81. The van der Waals surface area contributed by atoms with Gasteiger partial charge in [0.15, 0.2) is 6.29 Å². The third-order valence-electron chi connectivity index (χ3n) is 2.98. The number of hydrogen-bond acceptors (Lipinski definition) is 3. The molecule has 0 aromatic carbocycles. The van der Waals surface area contributed by atoms with Crippen molar-refractivity contribution >= 4 is 0 Å². The lowest BCUT2D eigenvalue weighted by Crippen LogP contribution is -2.41. The summed E-state index contributed by atoms with van der Waals surface area (Å²) in [6.07, 6.45) is 1.51. The molecule has 3 atom stereocenters. The second-order valence-electron chi connectivity index (χ2n) is 4.33. The number of epoxide rings is 1. The van der Waals surface area contributed by atoms with Gasteiger partial charge in [-0.3, -0.25) is 4.90 Å². The van der Waals surface area contributed by atoms with Crippen LogP contribution in [0.1, 0.15) is 34.1 Å². The van der Waals surface area contributed by atoms with Crippen LogP contribution in [0.4, 0.5) is 0 Å². The van der Waals surface area contributed by atoms with Gasteiger partial charge in [0.1, 0.15) is 6.10 Å². The summed E-state index contributed by atoms with van der Waals surface area (Å²) < 4.78 is 10.5. The summed E-state index contributed by atoms with van der Waals surface area (Å²) in [5, 5.41) is 0. The van der Waals surface area contributed by atoms with Crippen LogP contribution in [0.15, 0.2) is 0 Å². The van der Waals surface area contributed by atoms with Gasteiger partial charge in [-0.05, 0) is 27.2 Å². The molecule has 0 bridgehead atoms. The first-order valence-corrected chi connectivity index (χ1v) is 5.54. The molecule has 0 aliphatic carbocycles. The monoisotopic (exact) mass is 201 g/mol. The zero-order valence-electron chi connectivity index (χ0n) is 9.99. The minimum absolute atomic E-state index is 0.0420. The molecule has 84 valence electrons. The molecular formula is C11H23NO2.